The Hall–Kier alpha value is -1.09. The molecule has 4 N–H and O–H groups in total. The fourth-order valence-corrected chi connectivity index (χ4v) is 3.15. The quantitative estimate of drug-likeness (QED) is 0.396. The molecule has 0 unspecified atom stereocenters. The standard InChI is InChI=1S/C16H14BrClFN3OS.BrH/c17-11-2-3-12(10(6-11)8-24-16(20)21)15(23)22-7-9-1-4-14(19)13(18)5-9;/h1-6H,7-8H2,(H3,20,21)(H,22,23);1H. The minimum absolute atomic E-state index is 0. The third kappa shape index (κ3) is 6.62. The molecule has 0 aliphatic carbocycles. The van der Waals surface area contributed by atoms with E-state index in [-0.39, 0.29) is 39.6 Å². The average Bonchev–Trinajstić information content (AvgIpc) is 2.53. The highest BCUT2D eigenvalue weighted by Crippen LogP contribution is 2.22. The number of carbonyl (C=O) groups is 1. The molecule has 0 radical (unpaired) electrons. The van der Waals surface area contributed by atoms with Crippen molar-refractivity contribution in [2.45, 2.75) is 12.3 Å². The van der Waals surface area contributed by atoms with Gasteiger partial charge in [0.2, 0.25) is 0 Å². The van der Waals surface area contributed by atoms with Gasteiger partial charge in [0.1, 0.15) is 5.82 Å². The molecule has 9 heteroatoms. The number of thioether (sulfide) groups is 1. The van der Waals surface area contributed by atoms with Gasteiger partial charge in [-0.05, 0) is 41.5 Å². The van der Waals surface area contributed by atoms with Gasteiger partial charge in [0.25, 0.3) is 5.91 Å². The molecular weight excluding hydrogens is 497 g/mol. The summed E-state index contributed by atoms with van der Waals surface area (Å²) >= 11 is 10.2. The summed E-state index contributed by atoms with van der Waals surface area (Å²) in [5, 5.41) is 10.1. The smallest absolute Gasteiger partial charge is 0.251 e. The van der Waals surface area contributed by atoms with Gasteiger partial charge in [-0.3, -0.25) is 10.2 Å². The molecule has 0 saturated heterocycles. The molecule has 0 aliphatic rings. The first-order valence-electron chi connectivity index (χ1n) is 6.84. The summed E-state index contributed by atoms with van der Waals surface area (Å²) in [6.07, 6.45) is 0. The van der Waals surface area contributed by atoms with E-state index >= 15 is 0 Å². The predicted molar refractivity (Wildman–Crippen MR) is 110 cm³/mol. The SMILES string of the molecule is Br.N=C(N)SCc1cc(Br)ccc1C(=O)NCc1ccc(F)c(Cl)c1. The lowest BCUT2D eigenvalue weighted by molar-refractivity contribution is 0.0950. The molecule has 0 aliphatic heterocycles. The van der Waals surface area contributed by atoms with Crippen LogP contribution in [0.5, 0.6) is 0 Å². The number of amidine groups is 1. The fourth-order valence-electron chi connectivity index (χ4n) is 1.99. The third-order valence-corrected chi connectivity index (χ3v) is 4.68. The van der Waals surface area contributed by atoms with Crippen LogP contribution in [0.3, 0.4) is 0 Å². The average molecular weight is 512 g/mol. The molecule has 0 saturated carbocycles. The van der Waals surface area contributed by atoms with Crippen molar-refractivity contribution in [1.82, 2.24) is 5.32 Å². The van der Waals surface area contributed by atoms with Crippen molar-refractivity contribution in [3.63, 3.8) is 0 Å². The van der Waals surface area contributed by atoms with Crippen LogP contribution in [0.25, 0.3) is 0 Å². The Balaban J connectivity index is 0.00000312. The zero-order valence-electron chi connectivity index (χ0n) is 12.8. The van der Waals surface area contributed by atoms with E-state index in [1.807, 2.05) is 6.07 Å². The summed E-state index contributed by atoms with van der Waals surface area (Å²) in [6, 6.07) is 9.59. The number of hydrogen-bond donors (Lipinski definition) is 3. The van der Waals surface area contributed by atoms with E-state index in [9.17, 15) is 9.18 Å². The Bertz CT molecular complexity index is 792. The fraction of sp³-hybridized carbons (Fsp3) is 0.125. The normalized spacial score (nSPS) is 10.0. The summed E-state index contributed by atoms with van der Waals surface area (Å²) in [6.45, 7) is 0.230. The van der Waals surface area contributed by atoms with Gasteiger partial charge in [0.05, 0.1) is 5.02 Å². The van der Waals surface area contributed by atoms with Crippen molar-refractivity contribution in [3.8, 4) is 0 Å². The lowest BCUT2D eigenvalue weighted by Gasteiger charge is -2.11. The predicted octanol–water partition coefficient (Wildman–Crippen LogP) is 4.88. The van der Waals surface area contributed by atoms with E-state index in [4.69, 9.17) is 22.7 Å². The summed E-state index contributed by atoms with van der Waals surface area (Å²) in [5.74, 6) is -0.342. The highest BCUT2D eigenvalue weighted by atomic mass is 79.9. The first-order chi connectivity index (χ1) is 11.4. The van der Waals surface area contributed by atoms with Gasteiger partial charge in [-0.2, -0.15) is 0 Å². The number of halogens is 4. The number of benzene rings is 2. The van der Waals surface area contributed by atoms with E-state index in [1.165, 1.54) is 12.1 Å². The summed E-state index contributed by atoms with van der Waals surface area (Å²) in [5.41, 5.74) is 7.32. The molecule has 0 aromatic heterocycles. The van der Waals surface area contributed by atoms with E-state index in [0.717, 1.165) is 21.8 Å². The first-order valence-corrected chi connectivity index (χ1v) is 9.00. The molecule has 0 spiro atoms. The van der Waals surface area contributed by atoms with Crippen molar-refractivity contribution < 1.29 is 9.18 Å². The van der Waals surface area contributed by atoms with E-state index in [2.05, 4.69) is 21.2 Å². The van der Waals surface area contributed by atoms with Crippen LogP contribution in [0.2, 0.25) is 5.02 Å². The zero-order chi connectivity index (χ0) is 17.7. The maximum absolute atomic E-state index is 13.1. The molecule has 2 aromatic carbocycles. The van der Waals surface area contributed by atoms with Crippen molar-refractivity contribution in [3.05, 3.63) is 68.4 Å². The van der Waals surface area contributed by atoms with Crippen LogP contribution in [0.4, 0.5) is 4.39 Å². The Morgan fingerprint density at radius 3 is 2.68 bits per heavy atom. The Labute approximate surface area is 173 Å². The van der Waals surface area contributed by atoms with Gasteiger partial charge in [0.15, 0.2) is 5.17 Å². The van der Waals surface area contributed by atoms with Crippen LogP contribution >= 0.6 is 56.3 Å². The lowest BCUT2D eigenvalue weighted by atomic mass is 10.1. The van der Waals surface area contributed by atoms with E-state index in [0.29, 0.717) is 16.9 Å². The van der Waals surface area contributed by atoms with Gasteiger partial charge >= 0.3 is 0 Å². The van der Waals surface area contributed by atoms with Crippen LogP contribution in [0, 0.1) is 11.2 Å². The highest BCUT2D eigenvalue weighted by molar-refractivity contribution is 9.10. The number of nitrogens with one attached hydrogen (secondary N) is 2. The lowest BCUT2D eigenvalue weighted by Crippen LogP contribution is -2.24. The molecule has 2 aromatic rings. The van der Waals surface area contributed by atoms with Crippen LogP contribution < -0.4 is 11.1 Å². The van der Waals surface area contributed by atoms with E-state index in [1.54, 1.807) is 18.2 Å². The van der Waals surface area contributed by atoms with Gasteiger partial charge < -0.3 is 11.1 Å². The van der Waals surface area contributed by atoms with E-state index < -0.39 is 5.82 Å². The number of carbonyl (C=O) groups excluding carboxylic acids is 1. The summed E-state index contributed by atoms with van der Waals surface area (Å²) in [7, 11) is 0. The molecule has 0 bridgehead atoms. The minimum atomic E-state index is -0.497. The summed E-state index contributed by atoms with van der Waals surface area (Å²) in [4.78, 5) is 12.4. The molecule has 4 nitrogen and oxygen atoms in total. The molecule has 0 heterocycles. The van der Waals surface area contributed by atoms with Crippen LogP contribution in [0.15, 0.2) is 40.9 Å². The van der Waals surface area contributed by atoms with Crippen LogP contribution in [-0.2, 0) is 12.3 Å². The minimum Gasteiger partial charge on any atom is -0.379 e. The van der Waals surface area contributed by atoms with Crippen LogP contribution in [-0.4, -0.2) is 11.1 Å². The number of rotatable bonds is 5. The second-order valence-electron chi connectivity index (χ2n) is 4.89. The van der Waals surface area contributed by atoms with Gasteiger partial charge in [-0.25, -0.2) is 4.39 Å². The maximum atomic E-state index is 13.1. The molecule has 25 heavy (non-hydrogen) atoms. The molecule has 134 valence electrons. The van der Waals surface area contributed by atoms with Gasteiger partial charge in [0, 0.05) is 22.3 Å². The largest absolute Gasteiger partial charge is 0.379 e. The second kappa shape index (κ2) is 10.2. The number of amides is 1. The Kier molecular flexibility index (Phi) is 8.92. The van der Waals surface area contributed by atoms with Crippen molar-refractivity contribution >= 4 is 67.3 Å². The number of nitrogens with two attached hydrogens (primary N) is 1. The topological polar surface area (TPSA) is 79.0 Å². The molecule has 2 rings (SSSR count). The van der Waals surface area contributed by atoms with Crippen molar-refractivity contribution in [2.24, 2.45) is 5.73 Å². The first kappa shape index (κ1) is 22.0. The van der Waals surface area contributed by atoms with Gasteiger partial charge in [-0.15, -0.1) is 17.0 Å². The molecular formula is C16H15Br2ClFN3OS. The molecule has 0 atom stereocenters. The molecule has 0 fully saturated rings. The monoisotopic (exact) mass is 509 g/mol. The zero-order valence-corrected chi connectivity index (χ0v) is 17.7. The van der Waals surface area contributed by atoms with Gasteiger partial charge in [-0.1, -0.05) is 45.4 Å². The van der Waals surface area contributed by atoms with Crippen molar-refractivity contribution in [1.29, 1.82) is 5.41 Å². The third-order valence-electron chi connectivity index (χ3n) is 3.13. The Morgan fingerprint density at radius 1 is 1.32 bits per heavy atom. The highest BCUT2D eigenvalue weighted by Gasteiger charge is 2.12. The maximum Gasteiger partial charge on any atom is 0.251 e. The number of hydrogen-bond acceptors (Lipinski definition) is 3. The summed E-state index contributed by atoms with van der Waals surface area (Å²) < 4.78 is 14.0. The Morgan fingerprint density at radius 2 is 2.04 bits per heavy atom. The van der Waals surface area contributed by atoms with Crippen LogP contribution in [0.1, 0.15) is 21.5 Å². The molecule has 1 amide bonds. The van der Waals surface area contributed by atoms with Crippen molar-refractivity contribution in [2.75, 3.05) is 0 Å². The second-order valence-corrected chi connectivity index (χ2v) is 7.23.